The van der Waals surface area contributed by atoms with Crippen LogP contribution >= 0.6 is 0 Å². The molecule has 0 saturated heterocycles. The minimum atomic E-state index is -0.796. The first-order chi connectivity index (χ1) is 14.6. The van der Waals surface area contributed by atoms with Crippen LogP contribution in [-0.2, 0) is 4.79 Å². The lowest BCUT2D eigenvalue weighted by Crippen LogP contribution is -2.46. The van der Waals surface area contributed by atoms with Gasteiger partial charge in [-0.2, -0.15) is 0 Å². The molecule has 0 aliphatic rings. The van der Waals surface area contributed by atoms with Gasteiger partial charge in [0.1, 0.15) is 11.7 Å². The standard InChI is InChI=1S/C23H22N4O3/c1-14(22(29)27-21(13-28)15-7-3-2-4-8-15)25-23(30)19-11-17-16-9-5-6-10-18(16)26-20(17)12-24-19/h2-12,14,21,26,28H,13H2,1H3,(H,25,30)(H,27,29). The predicted octanol–water partition coefficient (Wildman–Crippen LogP) is 2.68. The van der Waals surface area contributed by atoms with Crippen LogP contribution in [0.3, 0.4) is 0 Å². The molecule has 7 nitrogen and oxygen atoms in total. The number of pyridine rings is 1. The second-order valence-electron chi connectivity index (χ2n) is 7.14. The molecular weight excluding hydrogens is 380 g/mol. The molecule has 0 bridgehead atoms. The minimum absolute atomic E-state index is 0.230. The molecule has 2 aromatic heterocycles. The SMILES string of the molecule is CC(NC(=O)c1cc2c(cn1)[nH]c1ccccc12)C(=O)NC(CO)c1ccccc1. The van der Waals surface area contributed by atoms with Crippen molar-refractivity contribution in [1.29, 1.82) is 0 Å². The van der Waals surface area contributed by atoms with Gasteiger partial charge in [-0.25, -0.2) is 4.98 Å². The van der Waals surface area contributed by atoms with Crippen LogP contribution in [0, 0.1) is 0 Å². The van der Waals surface area contributed by atoms with Crippen LogP contribution in [-0.4, -0.2) is 39.5 Å². The molecule has 2 unspecified atom stereocenters. The maximum atomic E-state index is 12.7. The van der Waals surface area contributed by atoms with Gasteiger partial charge in [-0.15, -0.1) is 0 Å². The summed E-state index contributed by atoms with van der Waals surface area (Å²) in [5.74, 6) is -0.829. The highest BCUT2D eigenvalue weighted by Gasteiger charge is 2.21. The Morgan fingerprint density at radius 1 is 1.00 bits per heavy atom. The Hall–Kier alpha value is -3.71. The first-order valence-corrected chi connectivity index (χ1v) is 9.70. The summed E-state index contributed by atoms with van der Waals surface area (Å²) in [6.45, 7) is 1.35. The van der Waals surface area contributed by atoms with Crippen LogP contribution in [0.4, 0.5) is 0 Å². The third-order valence-corrected chi connectivity index (χ3v) is 5.07. The summed E-state index contributed by atoms with van der Waals surface area (Å²) in [6, 6.07) is 17.4. The topological polar surface area (TPSA) is 107 Å². The molecule has 4 aromatic rings. The molecule has 4 rings (SSSR count). The van der Waals surface area contributed by atoms with E-state index in [0.29, 0.717) is 0 Å². The molecule has 0 radical (unpaired) electrons. The van der Waals surface area contributed by atoms with Crippen molar-refractivity contribution in [2.24, 2.45) is 0 Å². The number of hydrogen-bond donors (Lipinski definition) is 4. The lowest BCUT2D eigenvalue weighted by atomic mass is 10.1. The van der Waals surface area contributed by atoms with Gasteiger partial charge >= 0.3 is 0 Å². The van der Waals surface area contributed by atoms with Crippen molar-refractivity contribution in [3.8, 4) is 0 Å². The highest BCUT2D eigenvalue weighted by atomic mass is 16.3. The summed E-state index contributed by atoms with van der Waals surface area (Å²) < 4.78 is 0. The van der Waals surface area contributed by atoms with E-state index in [1.807, 2.05) is 54.6 Å². The van der Waals surface area contributed by atoms with Crippen LogP contribution in [0.15, 0.2) is 66.9 Å². The second-order valence-corrected chi connectivity index (χ2v) is 7.14. The van der Waals surface area contributed by atoms with Crippen molar-refractivity contribution in [2.75, 3.05) is 6.61 Å². The molecule has 7 heteroatoms. The van der Waals surface area contributed by atoms with Crippen molar-refractivity contribution < 1.29 is 14.7 Å². The third-order valence-electron chi connectivity index (χ3n) is 5.07. The van der Waals surface area contributed by atoms with E-state index in [1.165, 1.54) is 0 Å². The fourth-order valence-electron chi connectivity index (χ4n) is 3.43. The summed E-state index contributed by atoms with van der Waals surface area (Å²) in [5.41, 5.74) is 2.83. The summed E-state index contributed by atoms with van der Waals surface area (Å²) in [4.78, 5) is 32.7. The molecule has 0 aliphatic carbocycles. The van der Waals surface area contributed by atoms with Crippen molar-refractivity contribution in [3.05, 3.63) is 78.1 Å². The Kier molecular flexibility index (Phi) is 5.45. The van der Waals surface area contributed by atoms with Gasteiger partial charge in [0.05, 0.1) is 24.4 Å². The number of aromatic nitrogens is 2. The fourth-order valence-corrected chi connectivity index (χ4v) is 3.43. The number of H-pyrrole nitrogens is 1. The second kappa shape index (κ2) is 8.34. The average molecular weight is 402 g/mol. The van der Waals surface area contributed by atoms with Crippen LogP contribution in [0.5, 0.6) is 0 Å². The molecule has 0 saturated carbocycles. The number of para-hydroxylation sites is 1. The zero-order valence-corrected chi connectivity index (χ0v) is 16.4. The number of aromatic amines is 1. The number of carbonyl (C=O) groups excluding carboxylic acids is 2. The zero-order chi connectivity index (χ0) is 21.1. The van der Waals surface area contributed by atoms with E-state index < -0.39 is 18.0 Å². The van der Waals surface area contributed by atoms with E-state index in [-0.39, 0.29) is 18.2 Å². The Morgan fingerprint density at radius 3 is 2.50 bits per heavy atom. The Labute approximate surface area is 173 Å². The van der Waals surface area contributed by atoms with Crippen molar-refractivity contribution >= 4 is 33.6 Å². The van der Waals surface area contributed by atoms with E-state index in [9.17, 15) is 14.7 Å². The highest BCUT2D eigenvalue weighted by molar-refractivity contribution is 6.09. The lowest BCUT2D eigenvalue weighted by molar-refractivity contribution is -0.123. The molecule has 0 fully saturated rings. The summed E-state index contributed by atoms with van der Waals surface area (Å²) in [7, 11) is 0. The van der Waals surface area contributed by atoms with Gasteiger partial charge in [-0.3, -0.25) is 9.59 Å². The van der Waals surface area contributed by atoms with E-state index in [4.69, 9.17) is 0 Å². The number of hydrogen-bond acceptors (Lipinski definition) is 4. The summed E-state index contributed by atoms with van der Waals surface area (Å²) >= 11 is 0. The van der Waals surface area contributed by atoms with Crippen LogP contribution in [0.1, 0.15) is 29.0 Å². The third kappa shape index (κ3) is 3.88. The zero-order valence-electron chi connectivity index (χ0n) is 16.4. The van der Waals surface area contributed by atoms with Gasteiger partial charge in [0.25, 0.3) is 5.91 Å². The van der Waals surface area contributed by atoms with Crippen LogP contribution in [0.2, 0.25) is 0 Å². The first kappa shape index (κ1) is 19.6. The smallest absolute Gasteiger partial charge is 0.270 e. The molecule has 2 aromatic carbocycles. The van der Waals surface area contributed by atoms with E-state index in [1.54, 1.807) is 19.2 Å². The summed E-state index contributed by atoms with van der Waals surface area (Å²) in [5, 5.41) is 17.0. The normalized spacial score (nSPS) is 13.1. The molecular formula is C23H22N4O3. The Morgan fingerprint density at radius 2 is 1.73 bits per heavy atom. The van der Waals surface area contributed by atoms with Gasteiger partial charge in [0.15, 0.2) is 0 Å². The number of amides is 2. The largest absolute Gasteiger partial charge is 0.394 e. The predicted molar refractivity (Wildman–Crippen MR) is 115 cm³/mol. The van der Waals surface area contributed by atoms with Crippen molar-refractivity contribution in [2.45, 2.75) is 19.0 Å². The minimum Gasteiger partial charge on any atom is -0.394 e. The highest BCUT2D eigenvalue weighted by Crippen LogP contribution is 2.25. The molecule has 30 heavy (non-hydrogen) atoms. The molecule has 0 aliphatic heterocycles. The van der Waals surface area contributed by atoms with Crippen LogP contribution < -0.4 is 10.6 Å². The van der Waals surface area contributed by atoms with Crippen LogP contribution in [0.25, 0.3) is 21.8 Å². The maximum Gasteiger partial charge on any atom is 0.270 e. The number of aliphatic hydroxyl groups is 1. The van der Waals surface area contributed by atoms with Crippen molar-refractivity contribution in [1.82, 2.24) is 20.6 Å². The lowest BCUT2D eigenvalue weighted by Gasteiger charge is -2.20. The first-order valence-electron chi connectivity index (χ1n) is 9.70. The molecule has 2 amide bonds. The number of carbonyl (C=O) groups is 2. The summed E-state index contributed by atoms with van der Waals surface area (Å²) in [6.07, 6.45) is 1.62. The molecule has 2 atom stereocenters. The molecule has 152 valence electrons. The number of benzene rings is 2. The van der Waals surface area contributed by atoms with E-state index in [2.05, 4.69) is 20.6 Å². The van der Waals surface area contributed by atoms with E-state index >= 15 is 0 Å². The monoisotopic (exact) mass is 402 g/mol. The number of aliphatic hydroxyl groups excluding tert-OH is 1. The number of nitrogens with one attached hydrogen (secondary N) is 3. The molecule has 4 N–H and O–H groups in total. The van der Waals surface area contributed by atoms with Gasteiger partial charge in [0, 0.05) is 16.3 Å². The fraction of sp³-hybridized carbons (Fsp3) is 0.174. The average Bonchev–Trinajstić information content (AvgIpc) is 3.15. The number of fused-ring (bicyclic) bond motifs is 3. The maximum absolute atomic E-state index is 12.7. The molecule has 2 heterocycles. The van der Waals surface area contributed by atoms with Gasteiger partial charge in [0.2, 0.25) is 5.91 Å². The van der Waals surface area contributed by atoms with Gasteiger partial charge < -0.3 is 20.7 Å². The molecule has 0 spiro atoms. The Balaban J connectivity index is 1.47. The van der Waals surface area contributed by atoms with Crippen molar-refractivity contribution in [3.63, 3.8) is 0 Å². The van der Waals surface area contributed by atoms with E-state index in [0.717, 1.165) is 27.4 Å². The van der Waals surface area contributed by atoms with Gasteiger partial charge in [-0.05, 0) is 24.6 Å². The number of nitrogens with zero attached hydrogens (tertiary/aromatic N) is 1. The number of rotatable bonds is 6. The quantitative estimate of drug-likeness (QED) is 0.398. The Bertz CT molecular complexity index is 1200. The van der Waals surface area contributed by atoms with Gasteiger partial charge in [-0.1, -0.05) is 48.5 Å².